The minimum atomic E-state index is -3.79. The van der Waals surface area contributed by atoms with Crippen LogP contribution in [0.3, 0.4) is 0 Å². The molecule has 18 heavy (non-hydrogen) atoms. The fraction of sp³-hybridized carbons (Fsp3) is 0.500. The van der Waals surface area contributed by atoms with E-state index in [1.54, 1.807) is 6.92 Å². The van der Waals surface area contributed by atoms with Gasteiger partial charge in [0.15, 0.2) is 0 Å². The van der Waals surface area contributed by atoms with Gasteiger partial charge in [0.1, 0.15) is 9.77 Å². The molecule has 1 unspecified atom stereocenters. The summed E-state index contributed by atoms with van der Waals surface area (Å²) in [6.45, 7) is 1.89. The number of carbonyl (C=O) groups is 1. The second-order valence-corrected chi connectivity index (χ2v) is 6.68. The van der Waals surface area contributed by atoms with Gasteiger partial charge in [0.05, 0.1) is 6.10 Å². The summed E-state index contributed by atoms with van der Waals surface area (Å²) in [7, 11) is -0.912. The molecule has 0 bridgehead atoms. The Bertz CT molecular complexity index is 522. The number of carboxylic acid groups (broad SMARTS) is 1. The summed E-state index contributed by atoms with van der Waals surface area (Å²) in [6.07, 6.45) is -0.267. The van der Waals surface area contributed by atoms with Crippen molar-refractivity contribution in [2.24, 2.45) is 0 Å². The van der Waals surface area contributed by atoms with Gasteiger partial charge in [-0.25, -0.2) is 13.2 Å². The Balaban J connectivity index is 3.06. The first-order chi connectivity index (χ1) is 8.30. The van der Waals surface area contributed by atoms with Gasteiger partial charge in [-0.15, -0.1) is 11.3 Å². The second kappa shape index (κ2) is 5.79. The first-order valence-corrected chi connectivity index (χ1v) is 7.42. The van der Waals surface area contributed by atoms with Crippen LogP contribution in [0.15, 0.2) is 16.3 Å². The maximum absolute atomic E-state index is 12.2. The zero-order valence-corrected chi connectivity index (χ0v) is 11.9. The van der Waals surface area contributed by atoms with Gasteiger partial charge >= 0.3 is 5.97 Å². The van der Waals surface area contributed by atoms with Crippen LogP contribution in [0.2, 0.25) is 0 Å². The van der Waals surface area contributed by atoms with Gasteiger partial charge in [-0.1, -0.05) is 0 Å². The zero-order valence-electron chi connectivity index (χ0n) is 10.3. The quantitative estimate of drug-likeness (QED) is 0.849. The number of hydrogen-bond donors (Lipinski definition) is 1. The molecule has 1 heterocycles. The molecule has 0 spiro atoms. The highest BCUT2D eigenvalue weighted by Gasteiger charge is 2.28. The van der Waals surface area contributed by atoms with E-state index in [1.165, 1.54) is 25.6 Å². The molecule has 0 aliphatic rings. The van der Waals surface area contributed by atoms with Gasteiger partial charge < -0.3 is 9.84 Å². The van der Waals surface area contributed by atoms with E-state index in [4.69, 9.17) is 9.84 Å². The molecule has 0 aliphatic carbocycles. The minimum Gasteiger partial charge on any atom is -0.477 e. The Kier molecular flexibility index (Phi) is 4.85. The van der Waals surface area contributed by atoms with Gasteiger partial charge in [0.25, 0.3) is 0 Å². The van der Waals surface area contributed by atoms with E-state index in [9.17, 15) is 13.2 Å². The number of likely N-dealkylation sites (N-methyl/N-ethyl adjacent to an activating group) is 1. The lowest BCUT2D eigenvalue weighted by Gasteiger charge is -2.20. The number of hydrogen-bond acceptors (Lipinski definition) is 5. The van der Waals surface area contributed by atoms with Crippen LogP contribution in [0, 0.1) is 0 Å². The van der Waals surface area contributed by atoms with E-state index in [1.807, 2.05) is 0 Å². The molecule has 8 heteroatoms. The molecular weight excluding hydrogens is 278 g/mol. The molecule has 0 saturated heterocycles. The summed E-state index contributed by atoms with van der Waals surface area (Å²) < 4.78 is 30.5. The molecule has 1 aromatic rings. The maximum atomic E-state index is 12.2. The van der Waals surface area contributed by atoms with E-state index in [-0.39, 0.29) is 22.4 Å². The lowest BCUT2D eigenvalue weighted by Crippen LogP contribution is -2.34. The number of sulfonamides is 1. The molecule has 1 atom stereocenters. The summed E-state index contributed by atoms with van der Waals surface area (Å²) in [5, 5.41) is 10.4. The van der Waals surface area contributed by atoms with Crippen LogP contribution in [0.5, 0.6) is 0 Å². The highest BCUT2D eigenvalue weighted by atomic mass is 32.2. The van der Waals surface area contributed by atoms with Crippen molar-refractivity contribution in [2.45, 2.75) is 17.9 Å². The van der Waals surface area contributed by atoms with Gasteiger partial charge in [-0.05, 0) is 18.4 Å². The molecule has 1 N–H and O–H groups in total. The molecule has 0 amide bonds. The molecule has 1 aromatic heterocycles. The SMILES string of the molecule is COC(C)CN(C)S(=O)(=O)c1ccsc1C(=O)O. The fourth-order valence-corrected chi connectivity index (χ4v) is 3.83. The molecule has 0 fully saturated rings. The highest BCUT2D eigenvalue weighted by Crippen LogP contribution is 2.24. The van der Waals surface area contributed by atoms with E-state index < -0.39 is 16.0 Å². The van der Waals surface area contributed by atoms with Gasteiger partial charge in [0.2, 0.25) is 10.0 Å². The topological polar surface area (TPSA) is 83.9 Å². The monoisotopic (exact) mass is 293 g/mol. The number of ether oxygens (including phenoxy) is 1. The smallest absolute Gasteiger partial charge is 0.347 e. The molecular formula is C10H15NO5S2. The first kappa shape index (κ1) is 15.1. The van der Waals surface area contributed by atoms with Crippen LogP contribution < -0.4 is 0 Å². The summed E-state index contributed by atoms with van der Waals surface area (Å²) >= 11 is 0.890. The Labute approximate surface area is 110 Å². The van der Waals surface area contributed by atoms with Crippen molar-refractivity contribution in [3.05, 3.63) is 16.3 Å². The van der Waals surface area contributed by atoms with Crippen LogP contribution in [-0.2, 0) is 14.8 Å². The standard InChI is InChI=1S/C10H15NO5S2/c1-7(16-3)6-11(2)18(14,15)8-4-5-17-9(8)10(12)13/h4-5,7H,6H2,1-3H3,(H,12,13). The normalized spacial score (nSPS) is 13.8. The highest BCUT2D eigenvalue weighted by molar-refractivity contribution is 7.89. The number of thiophene rings is 1. The predicted octanol–water partition coefficient (Wildman–Crippen LogP) is 1.10. The van der Waals surface area contributed by atoms with Crippen LogP contribution in [0.25, 0.3) is 0 Å². The van der Waals surface area contributed by atoms with Crippen LogP contribution in [0.1, 0.15) is 16.6 Å². The van der Waals surface area contributed by atoms with E-state index in [2.05, 4.69) is 0 Å². The molecule has 6 nitrogen and oxygen atoms in total. The number of methoxy groups -OCH3 is 1. The fourth-order valence-electron chi connectivity index (χ4n) is 1.36. The van der Waals surface area contributed by atoms with Crippen molar-refractivity contribution in [1.82, 2.24) is 4.31 Å². The average Bonchev–Trinajstić information content (AvgIpc) is 2.78. The lowest BCUT2D eigenvalue weighted by molar-refractivity contribution is 0.0698. The molecule has 0 saturated carbocycles. The third-order valence-corrected chi connectivity index (χ3v) is 5.33. The third-order valence-electron chi connectivity index (χ3n) is 2.43. The van der Waals surface area contributed by atoms with Crippen molar-refractivity contribution >= 4 is 27.3 Å². The largest absolute Gasteiger partial charge is 0.477 e. The zero-order chi connectivity index (χ0) is 13.9. The summed E-state index contributed by atoms with van der Waals surface area (Å²) in [6, 6.07) is 1.30. The lowest BCUT2D eigenvalue weighted by atomic mass is 10.4. The van der Waals surface area contributed by atoms with Crippen LogP contribution in [0.4, 0.5) is 0 Å². The molecule has 0 radical (unpaired) electrons. The third kappa shape index (κ3) is 3.08. The summed E-state index contributed by atoms with van der Waals surface area (Å²) in [5.41, 5.74) is 0. The molecule has 1 rings (SSSR count). The Morgan fingerprint density at radius 1 is 1.61 bits per heavy atom. The number of carboxylic acids is 1. The van der Waals surface area contributed by atoms with Crippen molar-refractivity contribution < 1.29 is 23.1 Å². The Morgan fingerprint density at radius 2 is 2.22 bits per heavy atom. The van der Waals surface area contributed by atoms with E-state index in [0.29, 0.717) is 0 Å². The van der Waals surface area contributed by atoms with E-state index >= 15 is 0 Å². The summed E-state index contributed by atoms with van der Waals surface area (Å²) in [4.78, 5) is 10.6. The van der Waals surface area contributed by atoms with Crippen molar-refractivity contribution in [1.29, 1.82) is 0 Å². The number of nitrogens with zero attached hydrogens (tertiary/aromatic N) is 1. The maximum Gasteiger partial charge on any atom is 0.347 e. The van der Waals surface area contributed by atoms with Crippen LogP contribution in [-0.4, -0.2) is 50.6 Å². The Hall–Kier alpha value is -0.960. The number of rotatable bonds is 6. The Morgan fingerprint density at radius 3 is 2.72 bits per heavy atom. The van der Waals surface area contributed by atoms with Gasteiger partial charge in [0, 0.05) is 20.7 Å². The average molecular weight is 293 g/mol. The summed E-state index contributed by atoms with van der Waals surface area (Å²) in [5.74, 6) is -1.24. The van der Waals surface area contributed by atoms with Gasteiger partial charge in [-0.3, -0.25) is 0 Å². The van der Waals surface area contributed by atoms with Crippen LogP contribution >= 0.6 is 11.3 Å². The molecule has 102 valence electrons. The van der Waals surface area contributed by atoms with Crippen molar-refractivity contribution in [2.75, 3.05) is 20.7 Å². The molecule has 0 aromatic carbocycles. The first-order valence-electron chi connectivity index (χ1n) is 5.10. The van der Waals surface area contributed by atoms with Crippen molar-refractivity contribution in [3.63, 3.8) is 0 Å². The second-order valence-electron chi connectivity index (χ2n) is 3.75. The predicted molar refractivity (Wildman–Crippen MR) is 67.6 cm³/mol. The molecule has 0 aliphatic heterocycles. The van der Waals surface area contributed by atoms with Gasteiger partial charge in [-0.2, -0.15) is 4.31 Å². The van der Waals surface area contributed by atoms with E-state index in [0.717, 1.165) is 15.6 Å². The number of aromatic carboxylic acids is 1. The minimum absolute atomic E-state index is 0.160. The van der Waals surface area contributed by atoms with Crippen molar-refractivity contribution in [3.8, 4) is 0 Å².